The standard InChI is InChI=1S/C16H26N2/c1-12(2)14-7-6-13(3)15(10-14)16-11-17(4)8-9-18(16)5/h6-7,10,12,16H,8-9,11H2,1-5H3. The van der Waals surface area contributed by atoms with E-state index in [-0.39, 0.29) is 0 Å². The summed E-state index contributed by atoms with van der Waals surface area (Å²) in [5, 5.41) is 0. The minimum atomic E-state index is 0.544. The molecule has 0 spiro atoms. The highest BCUT2D eigenvalue weighted by atomic mass is 15.3. The van der Waals surface area contributed by atoms with Gasteiger partial charge in [0, 0.05) is 25.7 Å². The van der Waals surface area contributed by atoms with E-state index in [1.54, 1.807) is 0 Å². The predicted molar refractivity (Wildman–Crippen MR) is 78.1 cm³/mol. The van der Waals surface area contributed by atoms with Gasteiger partial charge in [0.05, 0.1) is 0 Å². The van der Waals surface area contributed by atoms with E-state index in [4.69, 9.17) is 0 Å². The van der Waals surface area contributed by atoms with Gasteiger partial charge in [0.2, 0.25) is 0 Å². The van der Waals surface area contributed by atoms with Crippen molar-refractivity contribution in [3.63, 3.8) is 0 Å². The third-order valence-corrected chi connectivity index (χ3v) is 4.18. The van der Waals surface area contributed by atoms with Crippen LogP contribution in [-0.4, -0.2) is 43.5 Å². The van der Waals surface area contributed by atoms with Gasteiger partial charge < -0.3 is 4.90 Å². The monoisotopic (exact) mass is 246 g/mol. The number of aryl methyl sites for hydroxylation is 1. The van der Waals surface area contributed by atoms with Gasteiger partial charge in [-0.15, -0.1) is 0 Å². The summed E-state index contributed by atoms with van der Waals surface area (Å²) in [6.07, 6.45) is 0. The fourth-order valence-electron chi connectivity index (χ4n) is 2.72. The number of nitrogens with zero attached hydrogens (tertiary/aromatic N) is 2. The normalized spacial score (nSPS) is 22.7. The quantitative estimate of drug-likeness (QED) is 0.791. The molecule has 2 heteroatoms. The summed E-state index contributed by atoms with van der Waals surface area (Å²) in [7, 11) is 4.47. The molecule has 0 N–H and O–H groups in total. The third kappa shape index (κ3) is 2.76. The maximum Gasteiger partial charge on any atom is 0.0475 e. The summed E-state index contributed by atoms with van der Waals surface area (Å²) in [6.45, 7) is 10.2. The van der Waals surface area contributed by atoms with Gasteiger partial charge in [0.25, 0.3) is 0 Å². The zero-order valence-electron chi connectivity index (χ0n) is 12.4. The Labute approximate surface area is 112 Å². The first-order chi connectivity index (χ1) is 8.49. The lowest BCUT2D eigenvalue weighted by molar-refractivity contribution is 0.114. The Morgan fingerprint density at radius 1 is 1.17 bits per heavy atom. The minimum Gasteiger partial charge on any atom is -0.303 e. The Kier molecular flexibility index (Phi) is 4.08. The molecule has 18 heavy (non-hydrogen) atoms. The average molecular weight is 246 g/mol. The molecule has 2 rings (SSSR count). The number of hydrogen-bond donors (Lipinski definition) is 0. The first kappa shape index (κ1) is 13.6. The van der Waals surface area contributed by atoms with Gasteiger partial charge in [0.15, 0.2) is 0 Å². The number of benzene rings is 1. The Balaban J connectivity index is 2.33. The average Bonchev–Trinajstić information content (AvgIpc) is 2.33. The van der Waals surface area contributed by atoms with Gasteiger partial charge in [-0.2, -0.15) is 0 Å². The molecule has 0 saturated carbocycles. The highest BCUT2D eigenvalue weighted by Gasteiger charge is 2.25. The van der Waals surface area contributed by atoms with E-state index >= 15 is 0 Å². The second kappa shape index (κ2) is 5.41. The van der Waals surface area contributed by atoms with Crippen LogP contribution in [0.2, 0.25) is 0 Å². The molecule has 1 atom stereocenters. The van der Waals surface area contributed by atoms with Gasteiger partial charge in [-0.25, -0.2) is 0 Å². The second-order valence-electron chi connectivity index (χ2n) is 6.03. The molecule has 0 aliphatic carbocycles. The Morgan fingerprint density at radius 2 is 1.89 bits per heavy atom. The van der Waals surface area contributed by atoms with Crippen LogP contribution >= 0.6 is 0 Å². The van der Waals surface area contributed by atoms with Crippen LogP contribution < -0.4 is 0 Å². The Hall–Kier alpha value is -0.860. The summed E-state index contributed by atoms with van der Waals surface area (Å²) in [6, 6.07) is 7.52. The number of piperazine rings is 1. The Morgan fingerprint density at radius 3 is 2.56 bits per heavy atom. The molecule has 1 aromatic carbocycles. The zero-order valence-corrected chi connectivity index (χ0v) is 12.4. The van der Waals surface area contributed by atoms with Crippen molar-refractivity contribution in [3.05, 3.63) is 34.9 Å². The van der Waals surface area contributed by atoms with Gasteiger partial charge in [0.1, 0.15) is 0 Å². The molecular weight excluding hydrogens is 220 g/mol. The van der Waals surface area contributed by atoms with Crippen LogP contribution in [0.25, 0.3) is 0 Å². The largest absolute Gasteiger partial charge is 0.303 e. The molecule has 1 aliphatic heterocycles. The van der Waals surface area contributed by atoms with E-state index in [2.05, 4.69) is 62.9 Å². The SMILES string of the molecule is Cc1ccc(C(C)C)cc1C1CN(C)CCN1C. The van der Waals surface area contributed by atoms with Gasteiger partial charge in [-0.3, -0.25) is 4.90 Å². The van der Waals surface area contributed by atoms with Gasteiger partial charge in [-0.05, 0) is 43.6 Å². The van der Waals surface area contributed by atoms with Crippen molar-refractivity contribution in [2.45, 2.75) is 32.7 Å². The highest BCUT2D eigenvalue weighted by Crippen LogP contribution is 2.28. The smallest absolute Gasteiger partial charge is 0.0475 e. The molecule has 1 heterocycles. The van der Waals surface area contributed by atoms with Crippen LogP contribution in [0.3, 0.4) is 0 Å². The van der Waals surface area contributed by atoms with Crippen molar-refractivity contribution in [2.75, 3.05) is 33.7 Å². The second-order valence-corrected chi connectivity index (χ2v) is 6.03. The van der Waals surface area contributed by atoms with Crippen molar-refractivity contribution in [1.82, 2.24) is 9.80 Å². The van der Waals surface area contributed by atoms with Crippen molar-refractivity contribution in [3.8, 4) is 0 Å². The molecule has 0 radical (unpaired) electrons. The summed E-state index contributed by atoms with van der Waals surface area (Å²) in [4.78, 5) is 4.93. The summed E-state index contributed by atoms with van der Waals surface area (Å²) in [5.41, 5.74) is 4.39. The fraction of sp³-hybridized carbons (Fsp3) is 0.625. The van der Waals surface area contributed by atoms with Gasteiger partial charge >= 0.3 is 0 Å². The van der Waals surface area contributed by atoms with Crippen LogP contribution in [-0.2, 0) is 0 Å². The molecule has 1 unspecified atom stereocenters. The van der Waals surface area contributed by atoms with Gasteiger partial charge in [-0.1, -0.05) is 32.0 Å². The van der Waals surface area contributed by atoms with Crippen LogP contribution in [0.1, 0.15) is 42.5 Å². The van der Waals surface area contributed by atoms with E-state index < -0.39 is 0 Å². The maximum atomic E-state index is 2.49. The maximum absolute atomic E-state index is 2.49. The first-order valence-corrected chi connectivity index (χ1v) is 6.98. The van der Waals surface area contributed by atoms with E-state index in [0.717, 1.165) is 13.1 Å². The predicted octanol–water partition coefficient (Wildman–Crippen LogP) is 3.04. The first-order valence-electron chi connectivity index (χ1n) is 6.98. The summed E-state index contributed by atoms with van der Waals surface area (Å²) >= 11 is 0. The minimum absolute atomic E-state index is 0.544. The zero-order chi connectivity index (χ0) is 13.3. The lowest BCUT2D eigenvalue weighted by Crippen LogP contribution is -2.45. The molecular formula is C16H26N2. The molecule has 1 saturated heterocycles. The number of likely N-dealkylation sites (N-methyl/N-ethyl adjacent to an activating group) is 2. The molecule has 2 nitrogen and oxygen atoms in total. The van der Waals surface area contributed by atoms with Crippen LogP contribution in [0, 0.1) is 6.92 Å². The number of rotatable bonds is 2. The van der Waals surface area contributed by atoms with Crippen LogP contribution in [0.15, 0.2) is 18.2 Å². The fourth-order valence-corrected chi connectivity index (χ4v) is 2.72. The Bertz CT molecular complexity index is 412. The van der Waals surface area contributed by atoms with E-state index in [1.165, 1.54) is 23.2 Å². The molecule has 0 aromatic heterocycles. The molecule has 100 valence electrons. The molecule has 1 aliphatic rings. The van der Waals surface area contributed by atoms with Crippen molar-refractivity contribution in [2.24, 2.45) is 0 Å². The summed E-state index contributed by atoms with van der Waals surface area (Å²) in [5.74, 6) is 0.607. The number of hydrogen-bond acceptors (Lipinski definition) is 2. The van der Waals surface area contributed by atoms with E-state index in [0.29, 0.717) is 12.0 Å². The van der Waals surface area contributed by atoms with E-state index in [1.807, 2.05) is 0 Å². The van der Waals surface area contributed by atoms with Crippen LogP contribution in [0.5, 0.6) is 0 Å². The highest BCUT2D eigenvalue weighted by molar-refractivity contribution is 5.35. The topological polar surface area (TPSA) is 6.48 Å². The van der Waals surface area contributed by atoms with Crippen molar-refractivity contribution < 1.29 is 0 Å². The van der Waals surface area contributed by atoms with Crippen molar-refractivity contribution >= 4 is 0 Å². The lowest BCUT2D eigenvalue weighted by atomic mass is 9.92. The molecule has 1 aromatic rings. The van der Waals surface area contributed by atoms with Crippen molar-refractivity contribution in [1.29, 1.82) is 0 Å². The molecule has 0 amide bonds. The molecule has 0 bridgehead atoms. The lowest BCUT2D eigenvalue weighted by Gasteiger charge is -2.38. The molecule has 1 fully saturated rings. The van der Waals surface area contributed by atoms with E-state index in [9.17, 15) is 0 Å². The third-order valence-electron chi connectivity index (χ3n) is 4.18. The van der Waals surface area contributed by atoms with Crippen LogP contribution in [0.4, 0.5) is 0 Å². The summed E-state index contributed by atoms with van der Waals surface area (Å²) < 4.78 is 0.